The second-order valence-corrected chi connectivity index (χ2v) is 8.56. The average Bonchev–Trinajstić information content (AvgIpc) is 3.14. The summed E-state index contributed by atoms with van der Waals surface area (Å²) in [6.45, 7) is 9.91. The van der Waals surface area contributed by atoms with Crippen molar-refractivity contribution in [3.05, 3.63) is 33.4 Å². The molecule has 1 aliphatic rings. The normalized spacial score (nSPS) is 17.4. The molecule has 1 N–H and O–H groups in total. The fourth-order valence-electron chi connectivity index (χ4n) is 3.29. The van der Waals surface area contributed by atoms with Crippen LogP contribution in [0.3, 0.4) is 0 Å². The van der Waals surface area contributed by atoms with Crippen molar-refractivity contribution in [2.45, 2.75) is 60.0 Å². The lowest BCUT2D eigenvalue weighted by Crippen LogP contribution is -2.29. The van der Waals surface area contributed by atoms with E-state index in [0.29, 0.717) is 18.2 Å². The molecule has 0 saturated carbocycles. The third-order valence-corrected chi connectivity index (χ3v) is 5.67. The highest BCUT2D eigenvalue weighted by molar-refractivity contribution is 9.10. The van der Waals surface area contributed by atoms with E-state index in [0.717, 1.165) is 47.3 Å². The number of amides is 1. The first-order valence-corrected chi connectivity index (χ1v) is 9.56. The molecule has 25 heavy (non-hydrogen) atoms. The van der Waals surface area contributed by atoms with Gasteiger partial charge in [-0.1, -0.05) is 25.9 Å². The summed E-state index contributed by atoms with van der Waals surface area (Å²) in [4.78, 5) is 12.6. The summed E-state index contributed by atoms with van der Waals surface area (Å²) in [6.07, 6.45) is 4.69. The number of nitrogens with zero attached hydrogens (tertiary/aromatic N) is 3. The van der Waals surface area contributed by atoms with Gasteiger partial charge in [0.1, 0.15) is 5.76 Å². The predicted molar refractivity (Wildman–Crippen MR) is 98.2 cm³/mol. The van der Waals surface area contributed by atoms with Crippen LogP contribution in [0.2, 0.25) is 0 Å². The van der Waals surface area contributed by atoms with E-state index >= 15 is 0 Å². The zero-order chi connectivity index (χ0) is 18.2. The van der Waals surface area contributed by atoms with Crippen LogP contribution in [0.15, 0.2) is 15.2 Å². The third kappa shape index (κ3) is 3.81. The van der Waals surface area contributed by atoms with Crippen molar-refractivity contribution in [3.8, 4) is 0 Å². The van der Waals surface area contributed by atoms with E-state index in [1.165, 1.54) is 0 Å². The van der Waals surface area contributed by atoms with Crippen LogP contribution in [-0.2, 0) is 25.9 Å². The molecule has 3 rings (SSSR count). The van der Waals surface area contributed by atoms with Gasteiger partial charge in [-0.15, -0.1) is 0 Å². The number of halogens is 1. The van der Waals surface area contributed by atoms with Gasteiger partial charge in [0.25, 0.3) is 5.91 Å². The zero-order valence-corrected chi connectivity index (χ0v) is 16.8. The lowest BCUT2D eigenvalue weighted by Gasteiger charge is -2.33. The topological polar surface area (TPSA) is 73.0 Å². The minimum absolute atomic E-state index is 0.197. The molecule has 0 fully saturated rings. The van der Waals surface area contributed by atoms with Gasteiger partial charge in [-0.2, -0.15) is 5.10 Å². The van der Waals surface area contributed by atoms with E-state index in [1.807, 2.05) is 17.8 Å². The molecule has 1 aliphatic carbocycles. The SMILES string of the molecule is CCn1cc(Br)c(CNC(=O)c2noc3c2CC(C(C)(C)C)CC3)n1. The second kappa shape index (κ2) is 6.94. The maximum atomic E-state index is 12.6. The van der Waals surface area contributed by atoms with E-state index in [1.54, 1.807) is 0 Å². The van der Waals surface area contributed by atoms with Crippen molar-refractivity contribution in [3.63, 3.8) is 0 Å². The highest BCUT2D eigenvalue weighted by Gasteiger charge is 2.34. The molecule has 0 aliphatic heterocycles. The maximum absolute atomic E-state index is 12.6. The largest absolute Gasteiger partial charge is 0.360 e. The Labute approximate surface area is 156 Å². The molecule has 136 valence electrons. The van der Waals surface area contributed by atoms with Crippen molar-refractivity contribution >= 4 is 21.8 Å². The Balaban J connectivity index is 1.71. The minimum Gasteiger partial charge on any atom is -0.360 e. The number of fused-ring (bicyclic) bond motifs is 1. The first kappa shape index (κ1) is 18.2. The fraction of sp³-hybridized carbons (Fsp3) is 0.611. The quantitative estimate of drug-likeness (QED) is 0.835. The number of hydrogen-bond donors (Lipinski definition) is 1. The van der Waals surface area contributed by atoms with Gasteiger partial charge in [0.2, 0.25) is 0 Å². The molecular formula is C18H25BrN4O2. The van der Waals surface area contributed by atoms with Crippen LogP contribution in [0.1, 0.15) is 61.6 Å². The molecule has 0 bridgehead atoms. The van der Waals surface area contributed by atoms with Gasteiger partial charge >= 0.3 is 0 Å². The minimum atomic E-state index is -0.197. The molecule has 1 atom stereocenters. The lowest BCUT2D eigenvalue weighted by molar-refractivity contribution is 0.0939. The van der Waals surface area contributed by atoms with Gasteiger partial charge in [-0.25, -0.2) is 0 Å². The summed E-state index contributed by atoms with van der Waals surface area (Å²) < 4.78 is 8.15. The Morgan fingerprint density at radius 3 is 2.88 bits per heavy atom. The van der Waals surface area contributed by atoms with Crippen LogP contribution in [0, 0.1) is 11.3 Å². The highest BCUT2D eigenvalue weighted by atomic mass is 79.9. The van der Waals surface area contributed by atoms with Crippen molar-refractivity contribution in [2.75, 3.05) is 0 Å². The Bertz CT molecular complexity index is 773. The maximum Gasteiger partial charge on any atom is 0.274 e. The van der Waals surface area contributed by atoms with Crippen LogP contribution in [0.5, 0.6) is 0 Å². The van der Waals surface area contributed by atoms with Crippen LogP contribution >= 0.6 is 15.9 Å². The molecule has 6 nitrogen and oxygen atoms in total. The number of aromatic nitrogens is 3. The molecule has 2 heterocycles. The fourth-order valence-corrected chi connectivity index (χ4v) is 3.74. The van der Waals surface area contributed by atoms with Gasteiger partial charge in [0.05, 0.1) is 16.7 Å². The molecule has 1 unspecified atom stereocenters. The van der Waals surface area contributed by atoms with Gasteiger partial charge in [0, 0.05) is 24.7 Å². The Kier molecular flexibility index (Phi) is 5.04. The molecule has 0 spiro atoms. The van der Waals surface area contributed by atoms with Gasteiger partial charge < -0.3 is 9.84 Å². The highest BCUT2D eigenvalue weighted by Crippen LogP contribution is 2.38. The van der Waals surface area contributed by atoms with Gasteiger partial charge in [-0.3, -0.25) is 9.48 Å². The number of hydrogen-bond acceptors (Lipinski definition) is 4. The van der Waals surface area contributed by atoms with E-state index in [4.69, 9.17) is 4.52 Å². The second-order valence-electron chi connectivity index (χ2n) is 7.70. The Morgan fingerprint density at radius 1 is 1.48 bits per heavy atom. The van der Waals surface area contributed by atoms with E-state index in [2.05, 4.69) is 52.3 Å². The summed E-state index contributed by atoms with van der Waals surface area (Å²) in [5.41, 5.74) is 2.41. The van der Waals surface area contributed by atoms with Crippen LogP contribution < -0.4 is 5.32 Å². The first-order valence-electron chi connectivity index (χ1n) is 8.77. The summed E-state index contributed by atoms with van der Waals surface area (Å²) in [5, 5.41) is 11.4. The predicted octanol–water partition coefficient (Wildman–Crippen LogP) is 3.73. The van der Waals surface area contributed by atoms with Crippen LogP contribution in [0.4, 0.5) is 0 Å². The van der Waals surface area contributed by atoms with E-state index in [9.17, 15) is 4.79 Å². The number of rotatable bonds is 4. The Morgan fingerprint density at radius 2 is 2.24 bits per heavy atom. The molecule has 0 saturated heterocycles. The lowest BCUT2D eigenvalue weighted by atomic mass is 9.71. The third-order valence-electron chi connectivity index (χ3n) is 5.01. The summed E-state index contributed by atoms with van der Waals surface area (Å²) in [6, 6.07) is 0. The molecule has 1 amide bonds. The molecule has 7 heteroatoms. The molecule has 0 aromatic carbocycles. The van der Waals surface area contributed by atoms with Crippen LogP contribution in [0.25, 0.3) is 0 Å². The molecule has 2 aromatic heterocycles. The van der Waals surface area contributed by atoms with E-state index in [-0.39, 0.29) is 11.3 Å². The summed E-state index contributed by atoms with van der Waals surface area (Å²) in [7, 11) is 0. The number of carbonyl (C=O) groups is 1. The van der Waals surface area contributed by atoms with Crippen molar-refractivity contribution in [2.24, 2.45) is 11.3 Å². The molecule has 2 aromatic rings. The number of nitrogens with one attached hydrogen (secondary N) is 1. The molecule has 0 radical (unpaired) electrons. The first-order chi connectivity index (χ1) is 11.8. The van der Waals surface area contributed by atoms with E-state index < -0.39 is 0 Å². The average molecular weight is 409 g/mol. The standard InChI is InChI=1S/C18H25BrN4O2/c1-5-23-10-13(19)14(21-23)9-20-17(24)16-12-8-11(18(2,3)4)6-7-15(12)25-22-16/h10-11H,5-9H2,1-4H3,(H,20,24). The van der Waals surface area contributed by atoms with Crippen molar-refractivity contribution in [1.82, 2.24) is 20.3 Å². The summed E-state index contributed by atoms with van der Waals surface area (Å²) in [5.74, 6) is 1.19. The Hall–Kier alpha value is -1.63. The molecular weight excluding hydrogens is 384 g/mol. The van der Waals surface area contributed by atoms with Crippen molar-refractivity contribution < 1.29 is 9.32 Å². The van der Waals surface area contributed by atoms with Gasteiger partial charge in [0.15, 0.2) is 5.69 Å². The van der Waals surface area contributed by atoms with Crippen LogP contribution in [-0.4, -0.2) is 20.8 Å². The number of aryl methyl sites for hydroxylation is 2. The number of carbonyl (C=O) groups excluding carboxylic acids is 1. The van der Waals surface area contributed by atoms with Crippen molar-refractivity contribution in [1.29, 1.82) is 0 Å². The zero-order valence-electron chi connectivity index (χ0n) is 15.2. The monoisotopic (exact) mass is 408 g/mol. The van der Waals surface area contributed by atoms with Gasteiger partial charge in [-0.05, 0) is 47.0 Å². The summed E-state index contributed by atoms with van der Waals surface area (Å²) >= 11 is 3.48. The smallest absolute Gasteiger partial charge is 0.274 e.